The molecule has 5 rings (SSSR count). The first kappa shape index (κ1) is 32.2. The summed E-state index contributed by atoms with van der Waals surface area (Å²) in [7, 11) is -2.82. The van der Waals surface area contributed by atoms with Crippen LogP contribution in [0.2, 0.25) is 5.04 Å². The lowest BCUT2D eigenvalue weighted by Gasteiger charge is -2.43. The van der Waals surface area contributed by atoms with Gasteiger partial charge in [-0.3, -0.25) is 0 Å². The number of phenolic OH excluding ortho intramolecular Hbond substituents is 1. The average Bonchev–Trinajstić information content (AvgIpc) is 3.06. The minimum Gasteiger partial charge on any atom is -0.507 e. The van der Waals surface area contributed by atoms with Crippen LogP contribution in [0.25, 0.3) is 10.8 Å². The van der Waals surface area contributed by atoms with Crippen molar-refractivity contribution in [2.75, 3.05) is 6.61 Å². The molecule has 0 amide bonds. The van der Waals surface area contributed by atoms with E-state index < -0.39 is 20.5 Å². The average molecular weight is 615 g/mol. The third kappa shape index (κ3) is 7.20. The smallest absolute Gasteiger partial charge is 0.261 e. The van der Waals surface area contributed by atoms with Crippen LogP contribution in [0.4, 0.5) is 0 Å². The largest absolute Gasteiger partial charge is 0.507 e. The lowest BCUT2D eigenvalue weighted by atomic mass is 9.97. The predicted molar refractivity (Wildman–Crippen MR) is 186 cm³/mol. The molecule has 0 aromatic heterocycles. The van der Waals surface area contributed by atoms with E-state index in [9.17, 15) is 15.3 Å². The van der Waals surface area contributed by atoms with Crippen molar-refractivity contribution >= 4 is 29.5 Å². The van der Waals surface area contributed by atoms with Crippen LogP contribution in [0.15, 0.2) is 145 Å². The summed E-state index contributed by atoms with van der Waals surface area (Å²) in [6, 6.07) is 41.6. The summed E-state index contributed by atoms with van der Waals surface area (Å²) in [4.78, 5) is 0. The first-order chi connectivity index (χ1) is 21.7. The van der Waals surface area contributed by atoms with Crippen molar-refractivity contribution in [2.24, 2.45) is 0 Å². The second-order valence-electron chi connectivity index (χ2n) is 12.5. The van der Waals surface area contributed by atoms with Gasteiger partial charge in [-0.2, -0.15) is 0 Å². The molecule has 0 fully saturated rings. The summed E-state index contributed by atoms with van der Waals surface area (Å²) in [5, 5.41) is 36.5. The Hall–Kier alpha value is -4.22. The summed E-state index contributed by atoms with van der Waals surface area (Å²) in [5.74, 6) is 0.189. The van der Waals surface area contributed by atoms with Crippen LogP contribution in [0.3, 0.4) is 0 Å². The molecule has 5 aromatic carbocycles. The first-order valence-electron chi connectivity index (χ1n) is 15.5. The molecule has 0 aliphatic rings. The van der Waals surface area contributed by atoms with Gasteiger partial charge in [0.2, 0.25) is 0 Å². The first-order valence-corrected chi connectivity index (χ1v) is 17.4. The highest BCUT2D eigenvalue weighted by Gasteiger charge is 2.50. The summed E-state index contributed by atoms with van der Waals surface area (Å²) >= 11 is 0. The van der Waals surface area contributed by atoms with E-state index >= 15 is 0 Å². The summed E-state index contributed by atoms with van der Waals surface area (Å²) in [6.45, 7) is 7.02. The predicted octanol–water partition coefficient (Wildman–Crippen LogP) is 7.75. The molecule has 5 aromatic rings. The van der Waals surface area contributed by atoms with Crippen LogP contribution >= 0.6 is 0 Å². The molecular formula is C40H42O4Si. The number of aromatic hydroxyl groups is 1. The Labute approximate surface area is 267 Å². The van der Waals surface area contributed by atoms with Crippen LogP contribution in [-0.4, -0.2) is 30.2 Å². The number of benzene rings is 5. The van der Waals surface area contributed by atoms with E-state index in [1.807, 2.05) is 72.8 Å². The second kappa shape index (κ2) is 14.3. The Kier molecular flexibility index (Phi) is 10.2. The van der Waals surface area contributed by atoms with Gasteiger partial charge in [-0.25, -0.2) is 0 Å². The minimum atomic E-state index is -2.82. The van der Waals surface area contributed by atoms with E-state index in [1.54, 1.807) is 12.1 Å². The molecule has 3 N–H and O–H groups in total. The van der Waals surface area contributed by atoms with Crippen LogP contribution in [0.1, 0.15) is 56.9 Å². The third-order valence-corrected chi connectivity index (χ3v) is 13.4. The Morgan fingerprint density at radius 3 is 1.82 bits per heavy atom. The normalized spacial score (nSPS) is 13.2. The highest BCUT2D eigenvalue weighted by Crippen LogP contribution is 2.37. The van der Waals surface area contributed by atoms with Crippen molar-refractivity contribution < 1.29 is 19.7 Å². The highest BCUT2D eigenvalue weighted by atomic mass is 28.4. The van der Waals surface area contributed by atoms with E-state index in [-0.39, 0.29) is 17.4 Å². The van der Waals surface area contributed by atoms with Crippen molar-refractivity contribution in [3.8, 4) is 5.75 Å². The molecule has 0 heterocycles. The van der Waals surface area contributed by atoms with Crippen molar-refractivity contribution in [1.29, 1.82) is 0 Å². The van der Waals surface area contributed by atoms with Gasteiger partial charge in [0.05, 0.1) is 18.8 Å². The van der Waals surface area contributed by atoms with Gasteiger partial charge in [0, 0.05) is 18.2 Å². The summed E-state index contributed by atoms with van der Waals surface area (Å²) in [6.07, 6.45) is 0.987. The zero-order chi connectivity index (χ0) is 31.9. The molecule has 0 saturated heterocycles. The van der Waals surface area contributed by atoms with E-state index in [0.29, 0.717) is 18.2 Å². The van der Waals surface area contributed by atoms with Gasteiger partial charge < -0.3 is 19.7 Å². The molecular weight excluding hydrogens is 573 g/mol. The standard InChI is InChI=1S/C40H42O4Si/c1-40(2,3)45(32-19-9-5-10-20-32,33-21-11-6-12-22-33)44-29-30(28-39(43)31-17-7-4-8-18-31)16-15-25-37(41)36-26-27-38(42)35-24-14-13-23-34(35)36/h4-15,17-24,26-27,37,39,41-43H,25,28-29H2,1-3H3/t16?,37-,39-/m1/s1. The van der Waals surface area contributed by atoms with Crippen LogP contribution < -0.4 is 10.4 Å². The molecule has 0 radical (unpaired) electrons. The SMILES string of the molecule is CC(C)(C)[Si](OCC(=C=CC[C@@H](O)c1ccc(O)c2ccccc12)C[C@@H](O)c1ccccc1)(c1ccccc1)c1ccccc1. The van der Waals surface area contributed by atoms with E-state index in [1.165, 1.54) is 10.4 Å². The molecule has 0 unspecified atom stereocenters. The number of aliphatic hydroxyl groups is 2. The van der Waals surface area contributed by atoms with Gasteiger partial charge in [0.15, 0.2) is 0 Å². The van der Waals surface area contributed by atoms with Crippen LogP contribution in [-0.2, 0) is 4.43 Å². The Balaban J connectivity index is 1.51. The molecule has 4 nitrogen and oxygen atoms in total. The zero-order valence-electron chi connectivity index (χ0n) is 26.2. The highest BCUT2D eigenvalue weighted by molar-refractivity contribution is 6.99. The van der Waals surface area contributed by atoms with Gasteiger partial charge in [-0.05, 0) is 49.6 Å². The van der Waals surface area contributed by atoms with Crippen molar-refractivity contribution in [2.45, 2.75) is 50.9 Å². The van der Waals surface area contributed by atoms with Crippen molar-refractivity contribution in [3.63, 3.8) is 0 Å². The maximum absolute atomic E-state index is 11.3. The fraction of sp³-hybridized carbons (Fsp3) is 0.225. The number of rotatable bonds is 11. The topological polar surface area (TPSA) is 69.9 Å². The van der Waals surface area contributed by atoms with Gasteiger partial charge >= 0.3 is 0 Å². The van der Waals surface area contributed by atoms with Crippen molar-refractivity contribution in [3.05, 3.63) is 156 Å². The fourth-order valence-corrected chi connectivity index (χ4v) is 10.7. The molecule has 0 aliphatic heterocycles. The number of aliphatic hydroxyl groups excluding tert-OH is 2. The molecule has 0 spiro atoms. The molecule has 0 bridgehead atoms. The Bertz CT molecular complexity index is 1720. The third-order valence-electron chi connectivity index (χ3n) is 8.44. The van der Waals surface area contributed by atoms with E-state index in [2.05, 4.69) is 75.0 Å². The Morgan fingerprint density at radius 1 is 0.711 bits per heavy atom. The van der Waals surface area contributed by atoms with Gasteiger partial charge in [0.1, 0.15) is 5.75 Å². The number of fused-ring (bicyclic) bond motifs is 1. The second-order valence-corrected chi connectivity index (χ2v) is 16.8. The summed E-state index contributed by atoms with van der Waals surface area (Å²) < 4.78 is 7.20. The van der Waals surface area contributed by atoms with Crippen molar-refractivity contribution in [1.82, 2.24) is 0 Å². The summed E-state index contributed by atoms with van der Waals surface area (Å²) in [5.41, 5.74) is 5.83. The van der Waals surface area contributed by atoms with E-state index in [0.717, 1.165) is 22.1 Å². The quantitative estimate of drug-likeness (QED) is 0.105. The maximum Gasteiger partial charge on any atom is 0.261 e. The molecule has 2 atom stereocenters. The number of hydrogen-bond donors (Lipinski definition) is 3. The van der Waals surface area contributed by atoms with Gasteiger partial charge in [-0.1, -0.05) is 142 Å². The number of hydrogen-bond acceptors (Lipinski definition) is 4. The van der Waals surface area contributed by atoms with E-state index in [4.69, 9.17) is 4.43 Å². The lowest BCUT2D eigenvalue weighted by molar-refractivity contribution is 0.173. The monoisotopic (exact) mass is 614 g/mol. The van der Waals surface area contributed by atoms with Crippen LogP contribution in [0, 0.1) is 0 Å². The molecule has 230 valence electrons. The minimum absolute atomic E-state index is 0.189. The molecule has 45 heavy (non-hydrogen) atoms. The molecule has 5 heteroatoms. The lowest BCUT2D eigenvalue weighted by Crippen LogP contribution is -2.66. The fourth-order valence-electron chi connectivity index (χ4n) is 6.18. The van der Waals surface area contributed by atoms with Crippen LogP contribution in [0.5, 0.6) is 5.75 Å². The Morgan fingerprint density at radius 2 is 1.24 bits per heavy atom. The molecule has 0 aliphatic carbocycles. The maximum atomic E-state index is 11.3. The molecule has 0 saturated carbocycles. The number of phenols is 1. The van der Waals surface area contributed by atoms with Gasteiger partial charge in [-0.15, -0.1) is 5.73 Å². The van der Waals surface area contributed by atoms with Gasteiger partial charge in [0.25, 0.3) is 8.32 Å². The zero-order valence-corrected chi connectivity index (χ0v) is 27.2.